The lowest BCUT2D eigenvalue weighted by molar-refractivity contribution is 0.174. The molecule has 1 N–H and O–H groups in total. The Labute approximate surface area is 197 Å². The van der Waals surface area contributed by atoms with E-state index in [0.29, 0.717) is 34.6 Å². The number of halogens is 3. The molecule has 31 heavy (non-hydrogen) atoms. The van der Waals surface area contributed by atoms with Crippen LogP contribution in [0, 0.1) is 0 Å². The van der Waals surface area contributed by atoms with Crippen LogP contribution < -0.4 is 24.3 Å². The molecule has 1 heterocycles. The van der Waals surface area contributed by atoms with E-state index in [-0.39, 0.29) is 25.8 Å². The topological polar surface area (TPSA) is 49.0 Å². The third kappa shape index (κ3) is 5.69. The van der Waals surface area contributed by atoms with Crippen molar-refractivity contribution in [2.45, 2.75) is 19.7 Å². The van der Waals surface area contributed by atoms with Gasteiger partial charge in [0.25, 0.3) is 0 Å². The zero-order valence-electron chi connectivity index (χ0n) is 16.8. The molecule has 0 aromatic heterocycles. The molecule has 0 bridgehead atoms. The van der Waals surface area contributed by atoms with Gasteiger partial charge in [-0.15, -0.1) is 12.4 Å². The minimum Gasteiger partial charge on any atom is -0.493 e. The summed E-state index contributed by atoms with van der Waals surface area (Å²) < 4.78 is 22.2. The first-order valence-corrected chi connectivity index (χ1v) is 10.2. The van der Waals surface area contributed by atoms with E-state index in [1.165, 1.54) is 0 Å². The van der Waals surface area contributed by atoms with E-state index in [9.17, 15) is 0 Å². The number of hydrogen-bond acceptors (Lipinski definition) is 5. The molecule has 1 aliphatic heterocycles. The predicted octanol–water partition coefficient (Wildman–Crippen LogP) is 6.02. The quantitative estimate of drug-likeness (QED) is 0.425. The van der Waals surface area contributed by atoms with Crippen molar-refractivity contribution in [1.82, 2.24) is 5.32 Å². The smallest absolute Gasteiger partial charge is 0.231 e. The molecule has 1 aliphatic rings. The minimum atomic E-state index is 0. The molecule has 0 radical (unpaired) electrons. The van der Waals surface area contributed by atoms with Crippen molar-refractivity contribution >= 4 is 35.6 Å². The highest BCUT2D eigenvalue weighted by atomic mass is 35.5. The third-order valence-electron chi connectivity index (χ3n) is 4.76. The van der Waals surface area contributed by atoms with Crippen LogP contribution in [0.1, 0.15) is 16.7 Å². The molecule has 0 saturated carbocycles. The standard InChI is InChI=1S/C23H21Cl2NO4.ClH/c1-27-22-9-15(11-26-12-16-6-8-21-23(10-16)30-14-29-21)5-7-20(22)28-13-17-18(24)3-2-4-19(17)25;/h2-10,26H,11-14H2,1H3;1H. The average molecular weight is 483 g/mol. The molecule has 5 nitrogen and oxygen atoms in total. The Morgan fingerprint density at radius 1 is 0.871 bits per heavy atom. The summed E-state index contributed by atoms with van der Waals surface area (Å²) in [7, 11) is 1.62. The van der Waals surface area contributed by atoms with Crippen molar-refractivity contribution in [1.29, 1.82) is 0 Å². The van der Waals surface area contributed by atoms with Gasteiger partial charge in [-0.1, -0.05) is 41.4 Å². The van der Waals surface area contributed by atoms with Gasteiger partial charge in [-0.3, -0.25) is 0 Å². The Bertz CT molecular complexity index is 1030. The Morgan fingerprint density at radius 2 is 1.55 bits per heavy atom. The van der Waals surface area contributed by atoms with E-state index in [2.05, 4.69) is 5.32 Å². The van der Waals surface area contributed by atoms with Crippen LogP contribution in [0.4, 0.5) is 0 Å². The molecule has 0 fully saturated rings. The van der Waals surface area contributed by atoms with Crippen LogP contribution in [-0.2, 0) is 19.7 Å². The Balaban J connectivity index is 0.00000272. The second-order valence-electron chi connectivity index (χ2n) is 6.77. The van der Waals surface area contributed by atoms with Gasteiger partial charge in [-0.25, -0.2) is 0 Å². The maximum atomic E-state index is 6.21. The molecule has 0 saturated heterocycles. The molecule has 3 aromatic carbocycles. The summed E-state index contributed by atoms with van der Waals surface area (Å²) in [6.07, 6.45) is 0. The number of rotatable bonds is 8. The Morgan fingerprint density at radius 3 is 2.29 bits per heavy atom. The van der Waals surface area contributed by atoms with Crippen molar-refractivity contribution in [3.63, 3.8) is 0 Å². The first-order valence-electron chi connectivity index (χ1n) is 9.46. The second kappa shape index (κ2) is 10.8. The highest BCUT2D eigenvalue weighted by Crippen LogP contribution is 2.33. The van der Waals surface area contributed by atoms with Crippen molar-refractivity contribution in [3.05, 3.63) is 81.3 Å². The molecule has 4 rings (SSSR count). The summed E-state index contributed by atoms with van der Waals surface area (Å²) in [6, 6.07) is 17.2. The number of hydrogen-bond donors (Lipinski definition) is 1. The number of fused-ring (bicyclic) bond motifs is 1. The summed E-state index contributed by atoms with van der Waals surface area (Å²) in [5.41, 5.74) is 2.95. The third-order valence-corrected chi connectivity index (χ3v) is 5.47. The summed E-state index contributed by atoms with van der Waals surface area (Å²) >= 11 is 12.4. The zero-order chi connectivity index (χ0) is 20.9. The summed E-state index contributed by atoms with van der Waals surface area (Å²) in [5.74, 6) is 2.86. The van der Waals surface area contributed by atoms with Crippen molar-refractivity contribution < 1.29 is 18.9 Å². The van der Waals surface area contributed by atoms with Gasteiger partial charge in [-0.05, 0) is 47.5 Å². The van der Waals surface area contributed by atoms with Crippen molar-refractivity contribution in [2.24, 2.45) is 0 Å². The maximum Gasteiger partial charge on any atom is 0.231 e. The monoisotopic (exact) mass is 481 g/mol. The van der Waals surface area contributed by atoms with Crippen LogP contribution in [0.5, 0.6) is 23.0 Å². The molecule has 164 valence electrons. The van der Waals surface area contributed by atoms with Crippen LogP contribution in [0.2, 0.25) is 10.0 Å². The van der Waals surface area contributed by atoms with E-state index >= 15 is 0 Å². The van der Waals surface area contributed by atoms with Gasteiger partial charge in [0.05, 0.1) is 7.11 Å². The number of methoxy groups -OCH3 is 1. The second-order valence-corrected chi connectivity index (χ2v) is 7.58. The summed E-state index contributed by atoms with van der Waals surface area (Å²) in [5, 5.41) is 4.57. The van der Waals surface area contributed by atoms with Crippen LogP contribution in [0.15, 0.2) is 54.6 Å². The van der Waals surface area contributed by atoms with Crippen molar-refractivity contribution in [2.75, 3.05) is 13.9 Å². The highest BCUT2D eigenvalue weighted by molar-refractivity contribution is 6.35. The van der Waals surface area contributed by atoms with Gasteiger partial charge < -0.3 is 24.3 Å². The normalized spacial score (nSPS) is 11.7. The van der Waals surface area contributed by atoms with Crippen LogP contribution in [0.3, 0.4) is 0 Å². The molecule has 0 aliphatic carbocycles. The van der Waals surface area contributed by atoms with E-state index < -0.39 is 0 Å². The van der Waals surface area contributed by atoms with Crippen molar-refractivity contribution in [3.8, 4) is 23.0 Å². The van der Waals surface area contributed by atoms with Gasteiger partial charge in [0, 0.05) is 28.7 Å². The predicted molar refractivity (Wildman–Crippen MR) is 124 cm³/mol. The molecule has 0 atom stereocenters. The summed E-state index contributed by atoms with van der Waals surface area (Å²) in [6.45, 7) is 1.93. The van der Waals surface area contributed by atoms with Crippen LogP contribution in [0.25, 0.3) is 0 Å². The van der Waals surface area contributed by atoms with Gasteiger partial charge in [-0.2, -0.15) is 0 Å². The van der Waals surface area contributed by atoms with E-state index in [1.807, 2.05) is 36.4 Å². The molecule has 0 amide bonds. The average Bonchev–Trinajstić information content (AvgIpc) is 3.22. The molecular formula is C23H22Cl3NO4. The number of ether oxygens (including phenoxy) is 4. The Hall–Kier alpha value is -2.31. The highest BCUT2D eigenvalue weighted by Gasteiger charge is 2.13. The first-order chi connectivity index (χ1) is 14.6. The molecule has 0 unspecified atom stereocenters. The fraction of sp³-hybridized carbons (Fsp3) is 0.217. The minimum absolute atomic E-state index is 0. The van der Waals surface area contributed by atoms with Gasteiger partial charge in [0.15, 0.2) is 23.0 Å². The fourth-order valence-corrected chi connectivity index (χ4v) is 3.67. The van der Waals surface area contributed by atoms with Gasteiger partial charge in [0.1, 0.15) is 6.61 Å². The number of nitrogens with one attached hydrogen (secondary N) is 1. The molecular weight excluding hydrogens is 461 g/mol. The maximum absolute atomic E-state index is 6.21. The van der Waals surface area contributed by atoms with Crippen LogP contribution >= 0.6 is 35.6 Å². The molecule has 3 aromatic rings. The van der Waals surface area contributed by atoms with E-state index in [4.69, 9.17) is 42.1 Å². The van der Waals surface area contributed by atoms with Gasteiger partial charge >= 0.3 is 0 Å². The zero-order valence-corrected chi connectivity index (χ0v) is 19.2. The largest absolute Gasteiger partial charge is 0.493 e. The Kier molecular flexibility index (Phi) is 8.15. The number of benzene rings is 3. The molecule has 0 spiro atoms. The lowest BCUT2D eigenvalue weighted by Gasteiger charge is -2.14. The van der Waals surface area contributed by atoms with Gasteiger partial charge in [0.2, 0.25) is 6.79 Å². The summed E-state index contributed by atoms with van der Waals surface area (Å²) in [4.78, 5) is 0. The van der Waals surface area contributed by atoms with E-state index in [0.717, 1.165) is 28.2 Å². The molecule has 8 heteroatoms. The lowest BCUT2D eigenvalue weighted by atomic mass is 10.1. The van der Waals surface area contributed by atoms with E-state index in [1.54, 1.807) is 25.3 Å². The SMILES string of the molecule is COc1cc(CNCc2ccc3c(c2)OCO3)ccc1OCc1c(Cl)cccc1Cl.Cl. The lowest BCUT2D eigenvalue weighted by Crippen LogP contribution is -2.12. The fourth-order valence-electron chi connectivity index (χ4n) is 3.16. The van der Waals surface area contributed by atoms with Crippen LogP contribution in [-0.4, -0.2) is 13.9 Å². The first kappa shape index (κ1) is 23.4.